The van der Waals surface area contributed by atoms with Gasteiger partial charge in [0, 0.05) is 11.0 Å². The molecule has 6 nitrogen and oxygen atoms in total. The molecule has 0 bridgehead atoms. The van der Waals surface area contributed by atoms with Gasteiger partial charge in [-0.25, -0.2) is 0 Å². The third kappa shape index (κ3) is 7.61. The summed E-state index contributed by atoms with van der Waals surface area (Å²) in [5, 5.41) is 5.24. The number of amides is 2. The summed E-state index contributed by atoms with van der Waals surface area (Å²) in [7, 11) is 1.71. The molecule has 0 aliphatic rings. The molecule has 0 spiro atoms. The van der Waals surface area contributed by atoms with Crippen molar-refractivity contribution in [1.29, 1.82) is 0 Å². The first kappa shape index (κ1) is 21.8. The summed E-state index contributed by atoms with van der Waals surface area (Å²) in [6, 6.07) is 13.4. The Hall–Kier alpha value is -2.52. The molecular weight excluding hydrogens is 436 g/mol. The zero-order valence-corrected chi connectivity index (χ0v) is 16.7. The predicted molar refractivity (Wildman–Crippen MR) is 105 cm³/mol. The molecule has 0 fully saturated rings. The van der Waals surface area contributed by atoms with Gasteiger partial charge in [0.1, 0.15) is 5.75 Å². The van der Waals surface area contributed by atoms with E-state index in [9.17, 15) is 18.4 Å². The van der Waals surface area contributed by atoms with Gasteiger partial charge in [-0.2, -0.15) is 8.78 Å². The van der Waals surface area contributed by atoms with Crippen LogP contribution in [0.25, 0.3) is 0 Å². The first-order chi connectivity index (χ1) is 13.3. The molecule has 150 valence electrons. The van der Waals surface area contributed by atoms with Crippen LogP contribution in [0.3, 0.4) is 0 Å². The third-order valence-corrected chi connectivity index (χ3v) is 4.28. The number of halogens is 3. The predicted octanol–water partition coefficient (Wildman–Crippen LogP) is 3.24. The van der Waals surface area contributed by atoms with Gasteiger partial charge in [0.15, 0.2) is 0 Å². The van der Waals surface area contributed by atoms with E-state index in [2.05, 4.69) is 31.3 Å². The molecule has 2 aromatic rings. The SMILES string of the molecule is CN(CC(=O)NCC(=O)Nc1ccccc1Br)Cc1cccc(OC(F)F)c1. The van der Waals surface area contributed by atoms with E-state index in [0.29, 0.717) is 12.2 Å². The van der Waals surface area contributed by atoms with Crippen molar-refractivity contribution in [1.82, 2.24) is 10.2 Å². The maximum atomic E-state index is 12.3. The van der Waals surface area contributed by atoms with Crippen LogP contribution in [0.2, 0.25) is 0 Å². The zero-order valence-electron chi connectivity index (χ0n) is 15.1. The lowest BCUT2D eigenvalue weighted by Crippen LogP contribution is -2.39. The summed E-state index contributed by atoms with van der Waals surface area (Å²) < 4.78 is 29.7. The summed E-state index contributed by atoms with van der Waals surface area (Å²) in [6.45, 7) is -2.65. The van der Waals surface area contributed by atoms with Crippen LogP contribution in [0, 0.1) is 0 Å². The first-order valence-electron chi connectivity index (χ1n) is 8.37. The van der Waals surface area contributed by atoms with Crippen molar-refractivity contribution in [3.63, 3.8) is 0 Å². The fourth-order valence-corrected chi connectivity index (χ4v) is 2.81. The van der Waals surface area contributed by atoms with E-state index in [-0.39, 0.29) is 30.7 Å². The number of nitrogens with zero attached hydrogens (tertiary/aromatic N) is 1. The van der Waals surface area contributed by atoms with Crippen molar-refractivity contribution in [3.05, 3.63) is 58.6 Å². The molecule has 0 heterocycles. The van der Waals surface area contributed by atoms with Crippen LogP contribution in [0.15, 0.2) is 53.0 Å². The van der Waals surface area contributed by atoms with Gasteiger partial charge in [0.05, 0.1) is 18.8 Å². The average Bonchev–Trinajstić information content (AvgIpc) is 2.61. The lowest BCUT2D eigenvalue weighted by atomic mass is 10.2. The number of nitrogens with one attached hydrogen (secondary N) is 2. The Morgan fingerprint density at radius 1 is 1.14 bits per heavy atom. The summed E-state index contributed by atoms with van der Waals surface area (Å²) in [5.74, 6) is -0.612. The Labute approximate surface area is 170 Å². The Bertz CT molecular complexity index is 821. The van der Waals surface area contributed by atoms with E-state index in [0.717, 1.165) is 10.0 Å². The normalized spacial score (nSPS) is 10.8. The van der Waals surface area contributed by atoms with Crippen LogP contribution in [-0.2, 0) is 16.1 Å². The van der Waals surface area contributed by atoms with Gasteiger partial charge >= 0.3 is 6.61 Å². The molecule has 2 N–H and O–H groups in total. The number of benzene rings is 2. The maximum Gasteiger partial charge on any atom is 0.387 e. The van der Waals surface area contributed by atoms with E-state index in [1.807, 2.05) is 6.07 Å². The minimum absolute atomic E-state index is 0.0439. The summed E-state index contributed by atoms with van der Waals surface area (Å²) >= 11 is 3.33. The van der Waals surface area contributed by atoms with Gasteiger partial charge in [-0.05, 0) is 52.8 Å². The number of ether oxygens (including phenoxy) is 1. The number of rotatable bonds is 9. The van der Waals surface area contributed by atoms with E-state index in [4.69, 9.17) is 0 Å². The Kier molecular flexibility index (Phi) is 8.34. The van der Waals surface area contributed by atoms with E-state index in [1.165, 1.54) is 12.1 Å². The van der Waals surface area contributed by atoms with Crippen LogP contribution in [-0.4, -0.2) is 43.5 Å². The molecule has 28 heavy (non-hydrogen) atoms. The van der Waals surface area contributed by atoms with Gasteiger partial charge in [-0.15, -0.1) is 0 Å². The lowest BCUT2D eigenvalue weighted by Gasteiger charge is -2.17. The summed E-state index contributed by atoms with van der Waals surface area (Å²) in [4.78, 5) is 25.6. The first-order valence-corrected chi connectivity index (χ1v) is 9.16. The Morgan fingerprint density at radius 2 is 1.89 bits per heavy atom. The number of para-hydroxylation sites is 1. The number of likely N-dealkylation sites (N-methyl/N-ethyl adjacent to an activating group) is 1. The van der Waals surface area contributed by atoms with Crippen LogP contribution >= 0.6 is 15.9 Å². The van der Waals surface area contributed by atoms with Gasteiger partial charge in [-0.1, -0.05) is 24.3 Å². The Balaban J connectivity index is 1.76. The minimum atomic E-state index is -2.89. The van der Waals surface area contributed by atoms with Crippen molar-refractivity contribution in [2.75, 3.05) is 25.5 Å². The van der Waals surface area contributed by atoms with Crippen molar-refractivity contribution in [3.8, 4) is 5.75 Å². The standard InChI is InChI=1S/C19H20BrF2N3O3/c1-25(11-13-5-4-6-14(9-13)28-19(21)22)12-18(27)23-10-17(26)24-16-8-3-2-7-15(16)20/h2-9,19H,10-12H2,1H3,(H,23,27)(H,24,26). The van der Waals surface area contributed by atoms with E-state index < -0.39 is 6.61 Å². The van der Waals surface area contributed by atoms with Gasteiger partial charge in [0.25, 0.3) is 0 Å². The molecule has 2 amide bonds. The summed E-state index contributed by atoms with van der Waals surface area (Å²) in [5.41, 5.74) is 1.34. The molecule has 0 saturated carbocycles. The molecular formula is C19H20BrF2N3O3. The van der Waals surface area contributed by atoms with Crippen LogP contribution < -0.4 is 15.4 Å². The van der Waals surface area contributed by atoms with Crippen LogP contribution in [0.4, 0.5) is 14.5 Å². The smallest absolute Gasteiger partial charge is 0.387 e. The van der Waals surface area contributed by atoms with E-state index >= 15 is 0 Å². The van der Waals surface area contributed by atoms with Crippen molar-refractivity contribution in [2.45, 2.75) is 13.2 Å². The molecule has 9 heteroatoms. The number of hydrogen-bond donors (Lipinski definition) is 2. The second-order valence-corrected chi connectivity index (χ2v) is 6.86. The summed E-state index contributed by atoms with van der Waals surface area (Å²) in [6.07, 6.45) is 0. The average molecular weight is 456 g/mol. The highest BCUT2D eigenvalue weighted by atomic mass is 79.9. The third-order valence-electron chi connectivity index (χ3n) is 3.58. The van der Waals surface area contributed by atoms with E-state index in [1.54, 1.807) is 42.3 Å². The van der Waals surface area contributed by atoms with Crippen LogP contribution in [0.5, 0.6) is 5.75 Å². The quantitative estimate of drug-likeness (QED) is 0.608. The highest BCUT2D eigenvalue weighted by molar-refractivity contribution is 9.10. The number of carbonyl (C=O) groups excluding carboxylic acids is 2. The molecule has 0 aromatic heterocycles. The highest BCUT2D eigenvalue weighted by Gasteiger charge is 2.11. The molecule has 0 atom stereocenters. The fourth-order valence-electron chi connectivity index (χ4n) is 2.42. The topological polar surface area (TPSA) is 70.7 Å². The number of hydrogen-bond acceptors (Lipinski definition) is 4. The second kappa shape index (κ2) is 10.7. The molecule has 0 saturated heterocycles. The highest BCUT2D eigenvalue weighted by Crippen LogP contribution is 2.20. The van der Waals surface area contributed by atoms with Crippen LogP contribution in [0.1, 0.15) is 5.56 Å². The number of alkyl halides is 2. The molecule has 0 aliphatic heterocycles. The monoisotopic (exact) mass is 455 g/mol. The Morgan fingerprint density at radius 3 is 2.61 bits per heavy atom. The van der Waals surface area contributed by atoms with Crippen molar-refractivity contribution in [2.24, 2.45) is 0 Å². The molecule has 0 aliphatic carbocycles. The van der Waals surface area contributed by atoms with Gasteiger partial charge in [-0.3, -0.25) is 14.5 Å². The number of anilines is 1. The minimum Gasteiger partial charge on any atom is -0.435 e. The molecule has 0 unspecified atom stereocenters. The molecule has 2 aromatic carbocycles. The maximum absolute atomic E-state index is 12.3. The van der Waals surface area contributed by atoms with Gasteiger partial charge in [0.2, 0.25) is 11.8 Å². The van der Waals surface area contributed by atoms with Crippen molar-refractivity contribution >= 4 is 33.4 Å². The molecule has 2 rings (SSSR count). The number of carbonyl (C=O) groups is 2. The zero-order chi connectivity index (χ0) is 20.5. The van der Waals surface area contributed by atoms with Crippen molar-refractivity contribution < 1.29 is 23.1 Å². The van der Waals surface area contributed by atoms with Gasteiger partial charge < -0.3 is 15.4 Å². The lowest BCUT2D eigenvalue weighted by molar-refractivity contribution is -0.124. The second-order valence-electron chi connectivity index (χ2n) is 6.00. The molecule has 0 radical (unpaired) electrons. The largest absolute Gasteiger partial charge is 0.435 e. The fraction of sp³-hybridized carbons (Fsp3) is 0.263.